The van der Waals surface area contributed by atoms with Gasteiger partial charge in [0.2, 0.25) is 5.91 Å². The lowest BCUT2D eigenvalue weighted by Gasteiger charge is -2.32. The Morgan fingerprint density at radius 1 is 1.17 bits per heavy atom. The standard InChI is InChI=1S/C19H22F3N7O/c1-11-12(2)25-28(13(11)3)10-16(30)27-8-5-14(6-9-27)15-4-7-23-18-24-17(19(20,21)22)26-29(15)18/h4,7,14H,5-6,8-10H2,1-3H3. The van der Waals surface area contributed by atoms with Gasteiger partial charge in [0.1, 0.15) is 6.54 Å². The number of aromatic nitrogens is 6. The number of alkyl halides is 3. The zero-order valence-electron chi connectivity index (χ0n) is 16.9. The lowest BCUT2D eigenvalue weighted by atomic mass is 9.93. The minimum Gasteiger partial charge on any atom is -0.341 e. The first kappa shape index (κ1) is 20.3. The first-order chi connectivity index (χ1) is 14.1. The summed E-state index contributed by atoms with van der Waals surface area (Å²) >= 11 is 0. The van der Waals surface area contributed by atoms with E-state index in [0.29, 0.717) is 31.6 Å². The number of halogens is 3. The van der Waals surface area contributed by atoms with Crippen LogP contribution in [0.25, 0.3) is 5.78 Å². The number of amides is 1. The van der Waals surface area contributed by atoms with Crippen LogP contribution < -0.4 is 0 Å². The molecule has 3 aromatic heterocycles. The third-order valence-electron chi connectivity index (χ3n) is 5.82. The molecule has 1 fully saturated rings. The van der Waals surface area contributed by atoms with Crippen LogP contribution in [0.3, 0.4) is 0 Å². The van der Waals surface area contributed by atoms with Crippen molar-refractivity contribution >= 4 is 11.7 Å². The number of hydrogen-bond donors (Lipinski definition) is 0. The van der Waals surface area contributed by atoms with Gasteiger partial charge >= 0.3 is 6.18 Å². The van der Waals surface area contributed by atoms with Crippen molar-refractivity contribution < 1.29 is 18.0 Å². The number of piperidine rings is 1. The van der Waals surface area contributed by atoms with E-state index in [0.717, 1.165) is 17.0 Å². The summed E-state index contributed by atoms with van der Waals surface area (Å²) in [6, 6.07) is 1.67. The summed E-state index contributed by atoms with van der Waals surface area (Å²) in [6.07, 6.45) is -1.92. The summed E-state index contributed by atoms with van der Waals surface area (Å²) in [5.41, 5.74) is 3.59. The zero-order valence-corrected chi connectivity index (χ0v) is 16.9. The molecule has 1 saturated heterocycles. The van der Waals surface area contributed by atoms with Gasteiger partial charge < -0.3 is 4.90 Å². The van der Waals surface area contributed by atoms with Crippen LogP contribution in [-0.2, 0) is 17.5 Å². The Morgan fingerprint density at radius 3 is 2.47 bits per heavy atom. The highest BCUT2D eigenvalue weighted by atomic mass is 19.4. The first-order valence-electron chi connectivity index (χ1n) is 9.72. The zero-order chi connectivity index (χ0) is 21.6. The average molecular weight is 421 g/mol. The van der Waals surface area contributed by atoms with Crippen molar-refractivity contribution in [3.63, 3.8) is 0 Å². The van der Waals surface area contributed by atoms with Gasteiger partial charge in [0, 0.05) is 30.9 Å². The summed E-state index contributed by atoms with van der Waals surface area (Å²) < 4.78 is 41.8. The molecule has 4 rings (SSSR count). The molecule has 1 aliphatic rings. The van der Waals surface area contributed by atoms with E-state index in [1.54, 1.807) is 15.6 Å². The van der Waals surface area contributed by atoms with E-state index in [9.17, 15) is 18.0 Å². The molecule has 0 aliphatic carbocycles. The van der Waals surface area contributed by atoms with E-state index < -0.39 is 12.0 Å². The third kappa shape index (κ3) is 3.63. The highest BCUT2D eigenvalue weighted by Gasteiger charge is 2.37. The van der Waals surface area contributed by atoms with Gasteiger partial charge in [0.15, 0.2) is 0 Å². The number of aryl methyl sites for hydroxylation is 1. The highest BCUT2D eigenvalue weighted by molar-refractivity contribution is 5.76. The summed E-state index contributed by atoms with van der Waals surface area (Å²) in [6.45, 7) is 7.06. The SMILES string of the molecule is Cc1nn(CC(=O)N2CCC(c3ccnc4nc(C(F)(F)F)nn34)CC2)c(C)c1C. The van der Waals surface area contributed by atoms with Gasteiger partial charge in [-0.3, -0.25) is 9.48 Å². The molecular weight excluding hydrogens is 399 g/mol. The molecule has 8 nitrogen and oxygen atoms in total. The van der Waals surface area contributed by atoms with Crippen LogP contribution in [0.1, 0.15) is 47.2 Å². The molecule has 30 heavy (non-hydrogen) atoms. The Labute approximate surface area is 170 Å². The van der Waals surface area contributed by atoms with E-state index in [1.807, 2.05) is 20.8 Å². The molecule has 11 heteroatoms. The van der Waals surface area contributed by atoms with Crippen molar-refractivity contribution in [3.8, 4) is 0 Å². The topological polar surface area (TPSA) is 81.2 Å². The number of likely N-dealkylation sites (tertiary alicyclic amines) is 1. The van der Waals surface area contributed by atoms with Crippen molar-refractivity contribution in [3.05, 3.63) is 40.7 Å². The van der Waals surface area contributed by atoms with Crippen LogP contribution in [0.15, 0.2) is 12.3 Å². The van der Waals surface area contributed by atoms with Gasteiger partial charge in [-0.15, -0.1) is 5.10 Å². The van der Waals surface area contributed by atoms with Gasteiger partial charge in [0.25, 0.3) is 11.6 Å². The lowest BCUT2D eigenvalue weighted by molar-refractivity contribution is -0.144. The van der Waals surface area contributed by atoms with Crippen LogP contribution in [0.4, 0.5) is 13.2 Å². The molecule has 0 N–H and O–H groups in total. The van der Waals surface area contributed by atoms with Crippen LogP contribution in [0.5, 0.6) is 0 Å². The number of nitrogens with zero attached hydrogens (tertiary/aromatic N) is 7. The molecule has 0 bridgehead atoms. The van der Waals surface area contributed by atoms with Crippen LogP contribution in [0.2, 0.25) is 0 Å². The van der Waals surface area contributed by atoms with Gasteiger partial charge in [-0.1, -0.05) is 0 Å². The predicted molar refractivity (Wildman–Crippen MR) is 101 cm³/mol. The Kier molecular flexibility index (Phi) is 4.99. The summed E-state index contributed by atoms with van der Waals surface area (Å²) in [5, 5.41) is 8.03. The van der Waals surface area contributed by atoms with E-state index in [4.69, 9.17) is 0 Å². The molecule has 1 aliphatic heterocycles. The van der Waals surface area contributed by atoms with Crippen molar-refractivity contribution in [1.82, 2.24) is 34.3 Å². The van der Waals surface area contributed by atoms with Crippen molar-refractivity contribution in [2.45, 2.75) is 52.3 Å². The minimum atomic E-state index is -4.62. The second kappa shape index (κ2) is 7.37. The molecule has 3 aromatic rings. The van der Waals surface area contributed by atoms with E-state index in [2.05, 4.69) is 20.2 Å². The van der Waals surface area contributed by atoms with Gasteiger partial charge in [0.05, 0.1) is 11.4 Å². The fraction of sp³-hybridized carbons (Fsp3) is 0.526. The van der Waals surface area contributed by atoms with Crippen molar-refractivity contribution in [1.29, 1.82) is 0 Å². The number of carbonyl (C=O) groups is 1. The molecule has 160 valence electrons. The molecule has 0 unspecified atom stereocenters. The number of fused-ring (bicyclic) bond motifs is 1. The maximum absolute atomic E-state index is 13.0. The molecule has 0 atom stereocenters. The third-order valence-corrected chi connectivity index (χ3v) is 5.82. The molecule has 0 saturated carbocycles. The Hall–Kier alpha value is -2.98. The number of carbonyl (C=O) groups excluding carboxylic acids is 1. The summed E-state index contributed by atoms with van der Waals surface area (Å²) in [4.78, 5) is 21.9. The Bertz CT molecular complexity index is 1090. The molecule has 1 amide bonds. The maximum Gasteiger partial charge on any atom is 0.453 e. The molecule has 0 spiro atoms. The van der Waals surface area contributed by atoms with E-state index in [-0.39, 0.29) is 24.1 Å². The monoisotopic (exact) mass is 421 g/mol. The quantitative estimate of drug-likeness (QED) is 0.650. The fourth-order valence-corrected chi connectivity index (χ4v) is 3.83. The van der Waals surface area contributed by atoms with E-state index in [1.165, 1.54) is 10.7 Å². The lowest BCUT2D eigenvalue weighted by Crippen LogP contribution is -2.40. The van der Waals surface area contributed by atoms with Crippen LogP contribution in [-0.4, -0.2) is 53.3 Å². The number of rotatable bonds is 3. The van der Waals surface area contributed by atoms with Crippen molar-refractivity contribution in [2.75, 3.05) is 13.1 Å². The Morgan fingerprint density at radius 2 is 1.87 bits per heavy atom. The molecular formula is C19H22F3N7O. The normalized spacial score (nSPS) is 15.9. The van der Waals surface area contributed by atoms with E-state index >= 15 is 0 Å². The molecule has 4 heterocycles. The largest absolute Gasteiger partial charge is 0.453 e. The minimum absolute atomic E-state index is 0.0148. The highest BCUT2D eigenvalue weighted by Crippen LogP contribution is 2.30. The Balaban J connectivity index is 1.46. The maximum atomic E-state index is 13.0. The smallest absolute Gasteiger partial charge is 0.341 e. The first-order valence-corrected chi connectivity index (χ1v) is 9.72. The van der Waals surface area contributed by atoms with Crippen molar-refractivity contribution in [2.24, 2.45) is 0 Å². The molecule has 0 aromatic carbocycles. The van der Waals surface area contributed by atoms with Crippen LogP contribution in [0, 0.1) is 20.8 Å². The average Bonchev–Trinajstić information content (AvgIpc) is 3.25. The summed E-state index contributed by atoms with van der Waals surface area (Å²) in [7, 11) is 0. The fourth-order valence-electron chi connectivity index (χ4n) is 3.83. The second-order valence-corrected chi connectivity index (χ2v) is 7.62. The molecule has 0 radical (unpaired) electrons. The van der Waals surface area contributed by atoms with Crippen LogP contribution >= 0.6 is 0 Å². The van der Waals surface area contributed by atoms with Gasteiger partial charge in [-0.2, -0.15) is 23.3 Å². The summed E-state index contributed by atoms with van der Waals surface area (Å²) in [5.74, 6) is -1.31. The predicted octanol–water partition coefficient (Wildman–Crippen LogP) is 2.67. The van der Waals surface area contributed by atoms with Gasteiger partial charge in [-0.25, -0.2) is 9.50 Å². The van der Waals surface area contributed by atoms with Gasteiger partial charge in [-0.05, 0) is 45.2 Å². The number of hydrogen-bond acceptors (Lipinski definition) is 5. The second-order valence-electron chi connectivity index (χ2n) is 7.62.